The molecular formula is C48H60Cl2N6O10S2. The number of rotatable bonds is 18. The minimum Gasteiger partial charge on any atom is -0.494 e. The predicted molar refractivity (Wildman–Crippen MR) is 264 cm³/mol. The predicted octanol–water partition coefficient (Wildman–Crippen LogP) is 8.47. The second kappa shape index (κ2) is 24.4. The number of ether oxygens (including phenoxy) is 6. The zero-order chi connectivity index (χ0) is 46.8. The van der Waals surface area contributed by atoms with Gasteiger partial charge in [-0.3, -0.25) is 9.13 Å². The van der Waals surface area contributed by atoms with Gasteiger partial charge in [0.15, 0.2) is 31.3 Å². The maximum atomic E-state index is 13.1. The van der Waals surface area contributed by atoms with Crippen molar-refractivity contribution in [1.82, 2.24) is 29.5 Å². The Balaban J connectivity index is 0.000000247. The number of hydrogen-bond donors (Lipinski definition) is 0. The summed E-state index contributed by atoms with van der Waals surface area (Å²) in [4.78, 5) is 0. The number of aromatic nitrogens is 6. The lowest BCUT2D eigenvalue weighted by Crippen LogP contribution is -2.17. The van der Waals surface area contributed by atoms with Crippen LogP contribution in [0.1, 0.15) is 74.0 Å². The van der Waals surface area contributed by atoms with Crippen molar-refractivity contribution in [3.8, 4) is 34.4 Å². The van der Waals surface area contributed by atoms with Crippen molar-refractivity contribution in [3.05, 3.63) is 129 Å². The van der Waals surface area contributed by atoms with Gasteiger partial charge in [-0.25, -0.2) is 16.8 Å². The lowest BCUT2D eigenvalue weighted by Gasteiger charge is -2.19. The summed E-state index contributed by atoms with van der Waals surface area (Å²) >= 11 is 11.8. The van der Waals surface area contributed by atoms with Crippen molar-refractivity contribution in [2.24, 2.45) is 0 Å². The molecule has 2 saturated heterocycles. The molecule has 2 aromatic heterocycles. The van der Waals surface area contributed by atoms with Crippen LogP contribution >= 0.6 is 23.2 Å². The van der Waals surface area contributed by atoms with Gasteiger partial charge in [-0.2, -0.15) is 0 Å². The van der Waals surface area contributed by atoms with E-state index in [4.69, 9.17) is 51.6 Å². The van der Waals surface area contributed by atoms with Crippen molar-refractivity contribution in [2.45, 2.75) is 63.9 Å². The molecule has 0 radical (unpaired) electrons. The average Bonchev–Trinajstić information content (AvgIpc) is 4.17. The molecule has 0 saturated carbocycles. The quantitative estimate of drug-likeness (QED) is 0.0798. The number of nitrogens with zero attached hydrogens (tertiary/aromatic N) is 6. The van der Waals surface area contributed by atoms with Gasteiger partial charge >= 0.3 is 0 Å². The van der Waals surface area contributed by atoms with E-state index in [2.05, 4.69) is 20.4 Å². The fraction of sp³-hybridized carbons (Fsp3) is 0.417. The molecule has 368 valence electrons. The molecule has 16 nitrogen and oxygen atoms in total. The Labute approximate surface area is 409 Å². The highest BCUT2D eigenvalue weighted by Gasteiger charge is 2.32. The molecule has 68 heavy (non-hydrogen) atoms. The Kier molecular flexibility index (Phi) is 19.2. The molecule has 8 rings (SSSR count). The lowest BCUT2D eigenvalue weighted by molar-refractivity contribution is 0.193. The fourth-order valence-electron chi connectivity index (χ4n) is 7.83. The van der Waals surface area contributed by atoms with Gasteiger partial charge in [0, 0.05) is 35.1 Å². The highest BCUT2D eigenvalue weighted by atomic mass is 35.5. The summed E-state index contributed by atoms with van der Waals surface area (Å²) in [6.07, 6.45) is 2.32. The van der Waals surface area contributed by atoms with Crippen LogP contribution in [-0.2, 0) is 53.5 Å². The van der Waals surface area contributed by atoms with Crippen LogP contribution in [0.15, 0.2) is 84.9 Å². The zero-order valence-corrected chi connectivity index (χ0v) is 40.2. The monoisotopic (exact) mass is 1010 g/mol. The number of methoxy groups -OCH3 is 4. The first-order valence-electron chi connectivity index (χ1n) is 21.2. The second-order valence-electron chi connectivity index (χ2n) is 15.7. The zero-order valence-electron chi connectivity index (χ0n) is 37.1. The second-order valence-corrected chi connectivity index (χ2v) is 20.9. The molecule has 2 atom stereocenters. The van der Waals surface area contributed by atoms with Gasteiger partial charge in [0.2, 0.25) is 0 Å². The first-order chi connectivity index (χ1) is 31.8. The number of para-hydroxylation sites is 2. The molecule has 0 aliphatic carbocycles. The van der Waals surface area contributed by atoms with Gasteiger partial charge in [0.25, 0.3) is 0 Å². The van der Waals surface area contributed by atoms with Crippen molar-refractivity contribution >= 4 is 42.9 Å². The fourth-order valence-corrected chi connectivity index (χ4v) is 10.6. The van der Waals surface area contributed by atoms with Crippen LogP contribution in [0.2, 0.25) is 10.0 Å². The minimum atomic E-state index is -3.49. The third-order valence-electron chi connectivity index (χ3n) is 11.3. The standard InChI is InChI=1S/2C23H26ClN3O5S.2CH4/c2*1-30-19-4-3-5-20(31-2)22(19)27-21(25-26-23(27)17-10-12-32-14-17)15-33(28,29)13-11-16-6-8-18(24)9-7-16;;/h2*3-9,17H,10-15H2,1-2H3;2*1H4/t2*17-;;/m10../s1. The topological polar surface area (TPSA) is 185 Å². The summed E-state index contributed by atoms with van der Waals surface area (Å²) < 4.78 is 89.2. The molecule has 0 bridgehead atoms. The molecule has 6 aromatic rings. The number of aryl methyl sites for hydroxylation is 2. The molecule has 20 heteroatoms. The highest BCUT2D eigenvalue weighted by molar-refractivity contribution is 7.90. The largest absolute Gasteiger partial charge is 0.494 e. The molecule has 2 fully saturated rings. The molecule has 0 spiro atoms. The van der Waals surface area contributed by atoms with Crippen LogP contribution in [0.5, 0.6) is 23.0 Å². The summed E-state index contributed by atoms with van der Waals surface area (Å²) in [5.74, 6) is 3.48. The van der Waals surface area contributed by atoms with E-state index >= 15 is 0 Å². The summed E-state index contributed by atoms with van der Waals surface area (Å²) in [6, 6.07) is 25.2. The average molecular weight is 1020 g/mol. The van der Waals surface area contributed by atoms with E-state index in [-0.39, 0.29) is 49.7 Å². The number of benzene rings is 4. The van der Waals surface area contributed by atoms with Gasteiger partial charge in [-0.1, -0.05) is 74.5 Å². The van der Waals surface area contributed by atoms with Crippen molar-refractivity contribution < 1.29 is 45.3 Å². The van der Waals surface area contributed by atoms with E-state index in [0.717, 1.165) is 24.0 Å². The molecule has 4 aromatic carbocycles. The highest BCUT2D eigenvalue weighted by Crippen LogP contribution is 2.39. The van der Waals surface area contributed by atoms with Crippen molar-refractivity contribution in [2.75, 3.05) is 66.4 Å². The molecule has 0 unspecified atom stereocenters. The number of halogens is 2. The van der Waals surface area contributed by atoms with E-state index in [1.807, 2.05) is 36.4 Å². The van der Waals surface area contributed by atoms with E-state index < -0.39 is 19.7 Å². The van der Waals surface area contributed by atoms with Gasteiger partial charge in [0.05, 0.1) is 53.2 Å². The SMILES string of the molecule is C.C.COc1cccc(OC)c1-n1c(CS(=O)(=O)CCc2ccc(Cl)cc2)nnc1[C@@H]1CCOC1.COc1cccc(OC)c1-n1c(CS(=O)(=O)CCc2ccc(Cl)cc2)nnc1[C@H]1CCOC1. The van der Waals surface area contributed by atoms with Crippen LogP contribution in [0, 0.1) is 0 Å². The summed E-state index contributed by atoms with van der Waals surface area (Å²) in [7, 11) is -0.748. The van der Waals surface area contributed by atoms with E-state index in [0.29, 0.717) is 107 Å². The Hall–Kier alpha value is -5.24. The summed E-state index contributed by atoms with van der Waals surface area (Å²) in [6.45, 7) is 2.24. The van der Waals surface area contributed by atoms with Crippen LogP contribution in [0.25, 0.3) is 11.4 Å². The van der Waals surface area contributed by atoms with Crippen molar-refractivity contribution in [3.63, 3.8) is 0 Å². The Morgan fingerprint density at radius 2 is 0.882 bits per heavy atom. The smallest absolute Gasteiger partial charge is 0.157 e. The Bertz CT molecular complexity index is 2560. The molecule has 4 heterocycles. The third kappa shape index (κ3) is 13.1. The van der Waals surface area contributed by atoms with E-state index in [9.17, 15) is 16.8 Å². The molecular weight excluding hydrogens is 956 g/mol. The van der Waals surface area contributed by atoms with E-state index in [1.165, 1.54) is 0 Å². The van der Waals surface area contributed by atoms with Crippen LogP contribution < -0.4 is 18.9 Å². The third-order valence-corrected chi connectivity index (χ3v) is 14.8. The Morgan fingerprint density at radius 1 is 0.544 bits per heavy atom. The molecule has 2 aliphatic rings. The Morgan fingerprint density at radius 3 is 1.18 bits per heavy atom. The molecule has 0 amide bonds. The van der Waals surface area contributed by atoms with Gasteiger partial charge in [-0.15, -0.1) is 20.4 Å². The van der Waals surface area contributed by atoms with Gasteiger partial charge in [0.1, 0.15) is 57.5 Å². The minimum absolute atomic E-state index is 0. The molecule has 2 aliphatic heterocycles. The van der Waals surface area contributed by atoms with Crippen LogP contribution in [0.4, 0.5) is 0 Å². The number of hydrogen-bond acceptors (Lipinski definition) is 14. The maximum Gasteiger partial charge on any atom is 0.157 e. The normalized spacial score (nSPS) is 15.7. The van der Waals surface area contributed by atoms with Gasteiger partial charge < -0.3 is 28.4 Å². The summed E-state index contributed by atoms with van der Waals surface area (Å²) in [5, 5.41) is 18.6. The van der Waals surface area contributed by atoms with Crippen LogP contribution in [0.3, 0.4) is 0 Å². The molecule has 0 N–H and O–H groups in total. The lowest BCUT2D eigenvalue weighted by atomic mass is 10.1. The van der Waals surface area contributed by atoms with Gasteiger partial charge in [-0.05, 0) is 85.3 Å². The first-order valence-corrected chi connectivity index (χ1v) is 25.6. The van der Waals surface area contributed by atoms with E-state index in [1.54, 1.807) is 86.1 Å². The maximum absolute atomic E-state index is 13.1. The van der Waals surface area contributed by atoms with Crippen LogP contribution in [-0.4, -0.2) is 113 Å². The summed E-state index contributed by atoms with van der Waals surface area (Å²) in [5.41, 5.74) is 2.97. The van der Waals surface area contributed by atoms with Crippen molar-refractivity contribution in [1.29, 1.82) is 0 Å². The first kappa shape index (κ1) is 53.7. The number of sulfone groups is 2.